The van der Waals surface area contributed by atoms with E-state index in [4.69, 9.17) is 4.74 Å². The van der Waals surface area contributed by atoms with Crippen molar-refractivity contribution >= 4 is 17.8 Å². The molecule has 0 saturated carbocycles. The lowest BCUT2D eigenvalue weighted by Crippen LogP contribution is -2.24. The van der Waals surface area contributed by atoms with Crippen LogP contribution < -0.4 is 10.1 Å². The van der Waals surface area contributed by atoms with Gasteiger partial charge in [0.15, 0.2) is 11.5 Å². The number of para-hydroxylation sites is 1. The Labute approximate surface area is 192 Å². The summed E-state index contributed by atoms with van der Waals surface area (Å²) in [6.45, 7) is 0.381. The number of nitrogens with zero attached hydrogens (tertiary/aromatic N) is 2. The molecule has 0 aliphatic heterocycles. The van der Waals surface area contributed by atoms with Crippen LogP contribution in [0.15, 0.2) is 97.2 Å². The SMILES string of the molecule is COc1ccc(C(=O)C=Cc2cn(-c3ccccc3)nc2C(=O)NCc2ccccc2)cc1. The molecule has 3 aromatic carbocycles. The molecule has 1 aromatic heterocycles. The molecule has 6 nitrogen and oxygen atoms in total. The summed E-state index contributed by atoms with van der Waals surface area (Å²) in [5.41, 5.74) is 3.12. The van der Waals surface area contributed by atoms with Crippen LogP contribution in [0.25, 0.3) is 11.8 Å². The Hall–Kier alpha value is -4.45. The van der Waals surface area contributed by atoms with Gasteiger partial charge in [-0.1, -0.05) is 48.5 Å². The Morgan fingerprint density at radius 3 is 2.27 bits per heavy atom. The molecular weight excluding hydrogens is 414 g/mol. The smallest absolute Gasteiger partial charge is 0.272 e. The van der Waals surface area contributed by atoms with Gasteiger partial charge in [-0.15, -0.1) is 0 Å². The second kappa shape index (κ2) is 10.2. The summed E-state index contributed by atoms with van der Waals surface area (Å²) in [6.07, 6.45) is 4.81. The lowest BCUT2D eigenvalue weighted by Gasteiger charge is -2.04. The third-order valence-corrected chi connectivity index (χ3v) is 5.06. The maximum absolute atomic E-state index is 12.9. The first-order chi connectivity index (χ1) is 16.1. The Morgan fingerprint density at radius 1 is 0.939 bits per heavy atom. The first-order valence-electron chi connectivity index (χ1n) is 10.5. The van der Waals surface area contributed by atoms with Crippen LogP contribution in [0.2, 0.25) is 0 Å². The van der Waals surface area contributed by atoms with Crippen molar-refractivity contribution in [3.8, 4) is 11.4 Å². The molecule has 33 heavy (non-hydrogen) atoms. The van der Waals surface area contributed by atoms with Gasteiger partial charge in [0.05, 0.1) is 12.8 Å². The predicted octanol–water partition coefficient (Wildman–Crippen LogP) is 4.71. The van der Waals surface area contributed by atoms with Gasteiger partial charge >= 0.3 is 0 Å². The van der Waals surface area contributed by atoms with E-state index in [-0.39, 0.29) is 17.4 Å². The van der Waals surface area contributed by atoms with Crippen molar-refractivity contribution in [3.05, 3.63) is 120 Å². The minimum Gasteiger partial charge on any atom is -0.497 e. The van der Waals surface area contributed by atoms with E-state index in [9.17, 15) is 9.59 Å². The van der Waals surface area contributed by atoms with Crippen LogP contribution in [0.5, 0.6) is 5.75 Å². The standard InChI is InChI=1S/C27H23N3O3/c1-33-24-15-12-21(13-16-24)25(31)17-14-22-19-30(23-10-6-3-7-11-23)29-26(22)27(32)28-18-20-8-4-2-5-9-20/h2-17,19H,18H2,1H3,(H,28,32). The average molecular weight is 437 g/mol. The van der Waals surface area contributed by atoms with E-state index < -0.39 is 0 Å². The second-order valence-corrected chi connectivity index (χ2v) is 7.31. The quantitative estimate of drug-likeness (QED) is 0.320. The van der Waals surface area contributed by atoms with E-state index in [2.05, 4.69) is 10.4 Å². The van der Waals surface area contributed by atoms with Gasteiger partial charge in [0.25, 0.3) is 5.91 Å². The van der Waals surface area contributed by atoms with Gasteiger partial charge in [-0.25, -0.2) is 4.68 Å². The van der Waals surface area contributed by atoms with E-state index in [1.54, 1.807) is 48.3 Å². The van der Waals surface area contributed by atoms with Crippen LogP contribution >= 0.6 is 0 Å². The minimum absolute atomic E-state index is 0.180. The van der Waals surface area contributed by atoms with E-state index in [1.807, 2.05) is 60.7 Å². The summed E-state index contributed by atoms with van der Waals surface area (Å²) in [7, 11) is 1.57. The Kier molecular flexibility index (Phi) is 6.75. The topological polar surface area (TPSA) is 73.2 Å². The van der Waals surface area contributed by atoms with Crippen LogP contribution in [0.4, 0.5) is 0 Å². The van der Waals surface area contributed by atoms with E-state index in [1.165, 1.54) is 6.08 Å². The molecule has 4 rings (SSSR count). The second-order valence-electron chi connectivity index (χ2n) is 7.31. The Morgan fingerprint density at radius 2 is 1.61 bits per heavy atom. The molecule has 0 bridgehead atoms. The van der Waals surface area contributed by atoms with Gasteiger partial charge in [-0.05, 0) is 54.1 Å². The normalized spacial score (nSPS) is 10.8. The van der Waals surface area contributed by atoms with Crippen molar-refractivity contribution in [1.29, 1.82) is 0 Å². The van der Waals surface area contributed by atoms with E-state index in [0.717, 1.165) is 11.3 Å². The molecule has 1 heterocycles. The van der Waals surface area contributed by atoms with Crippen molar-refractivity contribution in [1.82, 2.24) is 15.1 Å². The van der Waals surface area contributed by atoms with Gasteiger partial charge in [0.1, 0.15) is 5.75 Å². The number of carbonyl (C=O) groups excluding carboxylic acids is 2. The molecule has 0 saturated heterocycles. The van der Waals surface area contributed by atoms with Crippen molar-refractivity contribution < 1.29 is 14.3 Å². The lowest BCUT2D eigenvalue weighted by molar-refractivity contribution is 0.0944. The van der Waals surface area contributed by atoms with Gasteiger partial charge in [0.2, 0.25) is 0 Å². The fraction of sp³-hybridized carbons (Fsp3) is 0.0741. The number of ether oxygens (including phenoxy) is 1. The zero-order valence-electron chi connectivity index (χ0n) is 18.1. The molecule has 6 heteroatoms. The highest BCUT2D eigenvalue weighted by Crippen LogP contribution is 2.16. The van der Waals surface area contributed by atoms with Crippen molar-refractivity contribution in [2.45, 2.75) is 6.54 Å². The fourth-order valence-electron chi connectivity index (χ4n) is 3.28. The molecule has 1 N–H and O–H groups in total. The molecule has 4 aromatic rings. The van der Waals surface area contributed by atoms with Gasteiger partial charge in [-0.2, -0.15) is 5.10 Å². The van der Waals surface area contributed by atoms with Crippen molar-refractivity contribution in [3.63, 3.8) is 0 Å². The molecule has 0 atom stereocenters. The Bertz CT molecular complexity index is 1260. The maximum Gasteiger partial charge on any atom is 0.272 e. The van der Waals surface area contributed by atoms with Crippen LogP contribution in [-0.2, 0) is 6.54 Å². The number of rotatable bonds is 8. The summed E-state index contributed by atoms with van der Waals surface area (Å²) in [5, 5.41) is 7.40. The van der Waals surface area contributed by atoms with Crippen LogP contribution in [0, 0.1) is 0 Å². The number of allylic oxidation sites excluding steroid dienone is 1. The number of ketones is 1. The molecule has 0 aliphatic rings. The number of methoxy groups -OCH3 is 1. The third-order valence-electron chi connectivity index (χ3n) is 5.06. The largest absolute Gasteiger partial charge is 0.497 e. The van der Waals surface area contributed by atoms with E-state index in [0.29, 0.717) is 23.4 Å². The molecular formula is C27H23N3O3. The number of amides is 1. The highest BCUT2D eigenvalue weighted by atomic mass is 16.5. The summed E-state index contributed by atoms with van der Waals surface area (Å²) in [5.74, 6) is 0.183. The van der Waals surface area contributed by atoms with Gasteiger partial charge < -0.3 is 10.1 Å². The summed E-state index contributed by atoms with van der Waals surface area (Å²) in [4.78, 5) is 25.6. The highest BCUT2D eigenvalue weighted by Gasteiger charge is 2.16. The lowest BCUT2D eigenvalue weighted by atomic mass is 10.1. The molecule has 0 spiro atoms. The van der Waals surface area contributed by atoms with Crippen LogP contribution in [0.1, 0.15) is 32.0 Å². The van der Waals surface area contributed by atoms with E-state index >= 15 is 0 Å². The fourth-order valence-corrected chi connectivity index (χ4v) is 3.28. The minimum atomic E-state index is -0.315. The molecule has 0 radical (unpaired) electrons. The summed E-state index contributed by atoms with van der Waals surface area (Å²) >= 11 is 0. The molecule has 0 fully saturated rings. The van der Waals surface area contributed by atoms with Crippen molar-refractivity contribution in [2.75, 3.05) is 7.11 Å². The molecule has 1 amide bonds. The van der Waals surface area contributed by atoms with Gasteiger partial charge in [0, 0.05) is 23.9 Å². The zero-order valence-corrected chi connectivity index (χ0v) is 18.1. The molecule has 0 aliphatic carbocycles. The number of carbonyl (C=O) groups is 2. The van der Waals surface area contributed by atoms with Crippen LogP contribution in [0.3, 0.4) is 0 Å². The summed E-state index contributed by atoms with van der Waals surface area (Å²) < 4.78 is 6.77. The first kappa shape index (κ1) is 21.8. The molecule has 0 unspecified atom stereocenters. The first-order valence-corrected chi connectivity index (χ1v) is 10.5. The zero-order chi connectivity index (χ0) is 23.0. The average Bonchev–Trinajstić information content (AvgIpc) is 3.31. The summed E-state index contributed by atoms with van der Waals surface area (Å²) in [6, 6.07) is 26.0. The molecule has 164 valence electrons. The van der Waals surface area contributed by atoms with Gasteiger partial charge in [-0.3, -0.25) is 9.59 Å². The van der Waals surface area contributed by atoms with Crippen molar-refractivity contribution in [2.24, 2.45) is 0 Å². The number of benzene rings is 3. The maximum atomic E-state index is 12.9. The number of hydrogen-bond acceptors (Lipinski definition) is 4. The highest BCUT2D eigenvalue weighted by molar-refractivity contribution is 6.07. The number of nitrogens with one attached hydrogen (secondary N) is 1. The number of aromatic nitrogens is 2. The predicted molar refractivity (Wildman–Crippen MR) is 128 cm³/mol. The monoisotopic (exact) mass is 437 g/mol. The van der Waals surface area contributed by atoms with Crippen LogP contribution in [-0.4, -0.2) is 28.6 Å². The Balaban J connectivity index is 1.59. The number of hydrogen-bond donors (Lipinski definition) is 1. The third kappa shape index (κ3) is 5.43.